The van der Waals surface area contributed by atoms with Crippen molar-refractivity contribution in [3.8, 4) is 11.5 Å². The third kappa shape index (κ3) is 3.60. The Balaban J connectivity index is 1.69. The van der Waals surface area contributed by atoms with Crippen molar-refractivity contribution in [2.75, 3.05) is 12.4 Å². The normalized spacial score (nSPS) is 11.9. The van der Waals surface area contributed by atoms with Crippen LogP contribution in [0, 0.1) is 0 Å². The number of methoxy groups -OCH3 is 1. The van der Waals surface area contributed by atoms with Gasteiger partial charge >= 0.3 is 0 Å². The molecule has 1 heterocycles. The maximum absolute atomic E-state index is 12.2. The maximum Gasteiger partial charge on any atom is 0.266 e. The Morgan fingerprint density at radius 2 is 1.96 bits per heavy atom. The van der Waals surface area contributed by atoms with E-state index in [0.717, 1.165) is 16.0 Å². The van der Waals surface area contributed by atoms with Gasteiger partial charge < -0.3 is 9.47 Å². The van der Waals surface area contributed by atoms with Crippen molar-refractivity contribution >= 4 is 32.6 Å². The van der Waals surface area contributed by atoms with Crippen LogP contribution >= 0.6 is 11.3 Å². The van der Waals surface area contributed by atoms with E-state index in [9.17, 15) is 4.79 Å². The van der Waals surface area contributed by atoms with Gasteiger partial charge in [-0.15, -0.1) is 0 Å². The molecule has 0 aliphatic carbocycles. The van der Waals surface area contributed by atoms with Crippen molar-refractivity contribution < 1.29 is 14.3 Å². The lowest BCUT2D eigenvalue weighted by Gasteiger charge is -2.13. The lowest BCUT2D eigenvalue weighted by atomic mass is 10.3. The Morgan fingerprint density at radius 3 is 2.70 bits per heavy atom. The van der Waals surface area contributed by atoms with Gasteiger partial charge in [0.25, 0.3) is 5.91 Å². The Bertz CT molecular complexity index is 817. The number of nitrogens with zero attached hydrogens (tertiary/aromatic N) is 1. The van der Waals surface area contributed by atoms with E-state index in [1.807, 2.05) is 48.5 Å². The summed E-state index contributed by atoms with van der Waals surface area (Å²) >= 11 is 1.40. The van der Waals surface area contributed by atoms with E-state index >= 15 is 0 Å². The number of aromatic nitrogens is 1. The quantitative estimate of drug-likeness (QED) is 0.775. The van der Waals surface area contributed by atoms with Crippen LogP contribution in [0.4, 0.5) is 5.13 Å². The van der Waals surface area contributed by atoms with Crippen LogP contribution in [0.2, 0.25) is 0 Å². The fourth-order valence-corrected chi connectivity index (χ4v) is 2.95. The molecule has 0 aliphatic heterocycles. The predicted molar refractivity (Wildman–Crippen MR) is 91.3 cm³/mol. The molecule has 118 valence electrons. The number of ether oxygens (including phenoxy) is 2. The van der Waals surface area contributed by atoms with Crippen molar-refractivity contribution in [1.82, 2.24) is 4.98 Å². The molecule has 0 spiro atoms. The molecule has 1 amide bonds. The van der Waals surface area contributed by atoms with Gasteiger partial charge in [0.1, 0.15) is 11.5 Å². The van der Waals surface area contributed by atoms with Crippen molar-refractivity contribution in [2.24, 2.45) is 0 Å². The zero-order valence-corrected chi connectivity index (χ0v) is 13.6. The van der Waals surface area contributed by atoms with Gasteiger partial charge in [0, 0.05) is 0 Å². The van der Waals surface area contributed by atoms with Gasteiger partial charge in [0.15, 0.2) is 11.2 Å². The summed E-state index contributed by atoms with van der Waals surface area (Å²) in [5.41, 5.74) is 0.822. The summed E-state index contributed by atoms with van der Waals surface area (Å²) in [6, 6.07) is 14.8. The molecule has 5 nitrogen and oxygen atoms in total. The standard InChI is InChI=1S/C17H16N2O3S/c1-11(22-12-6-4-3-5-7-12)16(20)19-17-18-14-9-8-13(21-2)10-15(14)23-17/h3-11H,1-2H3,(H,18,19,20)/t11-/m0/s1. The number of carbonyl (C=O) groups is 1. The molecule has 0 saturated heterocycles. The number of hydrogen-bond donors (Lipinski definition) is 1. The predicted octanol–water partition coefficient (Wildman–Crippen LogP) is 3.71. The molecular weight excluding hydrogens is 312 g/mol. The van der Waals surface area contributed by atoms with Crippen LogP contribution < -0.4 is 14.8 Å². The summed E-state index contributed by atoms with van der Waals surface area (Å²) in [5.74, 6) is 1.18. The van der Waals surface area contributed by atoms with Gasteiger partial charge in [-0.3, -0.25) is 10.1 Å². The minimum Gasteiger partial charge on any atom is -0.497 e. The molecule has 0 bridgehead atoms. The van der Waals surface area contributed by atoms with E-state index in [1.165, 1.54) is 11.3 Å². The molecular formula is C17H16N2O3S. The number of nitrogens with one attached hydrogen (secondary N) is 1. The molecule has 0 saturated carbocycles. The maximum atomic E-state index is 12.2. The van der Waals surface area contributed by atoms with E-state index in [4.69, 9.17) is 9.47 Å². The van der Waals surface area contributed by atoms with Crippen LogP contribution in [0.3, 0.4) is 0 Å². The van der Waals surface area contributed by atoms with Gasteiger partial charge in [-0.1, -0.05) is 29.5 Å². The topological polar surface area (TPSA) is 60.5 Å². The van der Waals surface area contributed by atoms with E-state index in [-0.39, 0.29) is 5.91 Å². The minimum absolute atomic E-state index is 0.236. The third-order valence-electron chi connectivity index (χ3n) is 3.25. The fourth-order valence-electron chi connectivity index (χ4n) is 2.05. The van der Waals surface area contributed by atoms with Gasteiger partial charge in [-0.25, -0.2) is 4.98 Å². The average Bonchev–Trinajstić information content (AvgIpc) is 2.96. The van der Waals surface area contributed by atoms with Gasteiger partial charge in [0.05, 0.1) is 17.3 Å². The molecule has 6 heteroatoms. The Kier molecular flexibility index (Phi) is 4.43. The van der Waals surface area contributed by atoms with E-state index < -0.39 is 6.10 Å². The lowest BCUT2D eigenvalue weighted by molar-refractivity contribution is -0.122. The van der Waals surface area contributed by atoms with Crippen LogP contribution in [0.25, 0.3) is 10.2 Å². The molecule has 3 rings (SSSR count). The Labute approximate surface area is 137 Å². The first-order valence-corrected chi connectivity index (χ1v) is 7.94. The molecule has 1 aromatic heterocycles. The monoisotopic (exact) mass is 328 g/mol. The summed E-state index contributed by atoms with van der Waals surface area (Å²) in [4.78, 5) is 16.6. The SMILES string of the molecule is COc1ccc2nc(NC(=O)[C@H](C)Oc3ccccc3)sc2c1. The van der Waals surface area contributed by atoms with Crippen molar-refractivity contribution in [3.05, 3.63) is 48.5 Å². The number of amides is 1. The van der Waals surface area contributed by atoms with Gasteiger partial charge in [-0.2, -0.15) is 0 Å². The van der Waals surface area contributed by atoms with Crippen LogP contribution in [-0.2, 0) is 4.79 Å². The van der Waals surface area contributed by atoms with Crippen LogP contribution in [0.5, 0.6) is 11.5 Å². The second kappa shape index (κ2) is 6.66. The van der Waals surface area contributed by atoms with Crippen LogP contribution in [0.15, 0.2) is 48.5 Å². The summed E-state index contributed by atoms with van der Waals surface area (Å²) in [6.07, 6.45) is -0.612. The van der Waals surface area contributed by atoms with E-state index in [0.29, 0.717) is 10.9 Å². The number of rotatable bonds is 5. The highest BCUT2D eigenvalue weighted by molar-refractivity contribution is 7.22. The number of thiazole rings is 1. The number of benzene rings is 2. The summed E-state index contributed by atoms with van der Waals surface area (Å²) in [7, 11) is 1.62. The number of anilines is 1. The van der Waals surface area contributed by atoms with Gasteiger partial charge in [-0.05, 0) is 37.3 Å². The van der Waals surface area contributed by atoms with Gasteiger partial charge in [0.2, 0.25) is 0 Å². The summed E-state index contributed by atoms with van der Waals surface area (Å²) in [6.45, 7) is 1.71. The first-order chi connectivity index (χ1) is 11.2. The second-order valence-electron chi connectivity index (χ2n) is 4.92. The third-order valence-corrected chi connectivity index (χ3v) is 4.18. The number of fused-ring (bicyclic) bond motifs is 1. The number of carbonyl (C=O) groups excluding carboxylic acids is 1. The highest BCUT2D eigenvalue weighted by Gasteiger charge is 2.16. The molecule has 2 aromatic carbocycles. The molecule has 0 unspecified atom stereocenters. The number of hydrogen-bond acceptors (Lipinski definition) is 5. The first-order valence-electron chi connectivity index (χ1n) is 7.13. The second-order valence-corrected chi connectivity index (χ2v) is 5.95. The summed E-state index contributed by atoms with van der Waals surface area (Å²) in [5, 5.41) is 3.33. The number of para-hydroxylation sites is 1. The summed E-state index contributed by atoms with van der Waals surface area (Å²) < 4.78 is 11.7. The average molecular weight is 328 g/mol. The van der Waals surface area contributed by atoms with Crippen LogP contribution in [0.1, 0.15) is 6.92 Å². The van der Waals surface area contributed by atoms with Crippen molar-refractivity contribution in [3.63, 3.8) is 0 Å². The Morgan fingerprint density at radius 1 is 1.17 bits per heavy atom. The zero-order chi connectivity index (χ0) is 16.2. The molecule has 0 fully saturated rings. The first kappa shape index (κ1) is 15.3. The van der Waals surface area contributed by atoms with E-state index in [1.54, 1.807) is 14.0 Å². The molecule has 3 aromatic rings. The zero-order valence-electron chi connectivity index (χ0n) is 12.8. The van der Waals surface area contributed by atoms with Crippen molar-refractivity contribution in [2.45, 2.75) is 13.0 Å². The highest BCUT2D eigenvalue weighted by atomic mass is 32.1. The van der Waals surface area contributed by atoms with Crippen molar-refractivity contribution in [1.29, 1.82) is 0 Å². The molecule has 1 N–H and O–H groups in total. The Hall–Kier alpha value is -2.60. The molecule has 0 radical (unpaired) electrons. The smallest absolute Gasteiger partial charge is 0.266 e. The van der Waals surface area contributed by atoms with Crippen LogP contribution in [-0.4, -0.2) is 24.1 Å². The molecule has 0 aliphatic rings. The largest absolute Gasteiger partial charge is 0.497 e. The highest BCUT2D eigenvalue weighted by Crippen LogP contribution is 2.29. The fraction of sp³-hybridized carbons (Fsp3) is 0.176. The molecule has 23 heavy (non-hydrogen) atoms. The molecule has 1 atom stereocenters. The minimum atomic E-state index is -0.612. The lowest BCUT2D eigenvalue weighted by Crippen LogP contribution is -2.30. The van der Waals surface area contributed by atoms with E-state index in [2.05, 4.69) is 10.3 Å².